The maximum absolute atomic E-state index is 14.9. The Labute approximate surface area is 214 Å². The van der Waals surface area contributed by atoms with Gasteiger partial charge >= 0.3 is 0 Å². The van der Waals surface area contributed by atoms with Crippen LogP contribution in [0, 0.1) is 5.82 Å². The Morgan fingerprint density at radius 2 is 1.97 bits per heavy atom. The molecule has 1 saturated heterocycles. The molecular weight excluding hydrogens is 515 g/mol. The van der Waals surface area contributed by atoms with Crippen molar-refractivity contribution in [1.82, 2.24) is 14.5 Å². The average molecular weight is 543 g/mol. The molecule has 1 N–H and O–H groups in total. The van der Waals surface area contributed by atoms with Gasteiger partial charge in [-0.05, 0) is 63.3 Å². The van der Waals surface area contributed by atoms with Gasteiger partial charge in [0.2, 0.25) is 15.9 Å². The molecule has 0 saturated carbocycles. The van der Waals surface area contributed by atoms with Crippen LogP contribution in [0.25, 0.3) is 5.57 Å². The number of allylic oxidation sites excluding steroid dienone is 1. The van der Waals surface area contributed by atoms with Crippen molar-refractivity contribution in [2.75, 3.05) is 45.7 Å². The van der Waals surface area contributed by atoms with Crippen LogP contribution in [-0.2, 0) is 14.8 Å². The summed E-state index contributed by atoms with van der Waals surface area (Å²) in [6, 6.07) is 6.32. The van der Waals surface area contributed by atoms with Crippen LogP contribution in [0.2, 0.25) is 4.34 Å². The molecule has 1 fully saturated rings. The molecule has 1 aromatic heterocycles. The van der Waals surface area contributed by atoms with Gasteiger partial charge in [0.05, 0.1) is 15.4 Å². The van der Waals surface area contributed by atoms with E-state index in [2.05, 4.69) is 4.72 Å². The summed E-state index contributed by atoms with van der Waals surface area (Å²) in [5.74, 6) is -1.61. The summed E-state index contributed by atoms with van der Waals surface area (Å²) in [6.07, 6.45) is 0.184. The topological polar surface area (TPSA) is 90.0 Å². The number of carbonyl (C=O) groups excluding carboxylic acids is 2. The molecule has 190 valence electrons. The van der Waals surface area contributed by atoms with Crippen molar-refractivity contribution in [3.63, 3.8) is 0 Å². The van der Waals surface area contributed by atoms with Gasteiger partial charge in [-0.3, -0.25) is 9.59 Å². The number of amides is 2. The normalized spacial score (nSPS) is 16.9. The van der Waals surface area contributed by atoms with Crippen LogP contribution < -0.4 is 9.62 Å². The number of anilines is 1. The summed E-state index contributed by atoms with van der Waals surface area (Å²) in [5.41, 5.74) is 0.661. The van der Waals surface area contributed by atoms with Gasteiger partial charge in [0.15, 0.2) is 0 Å². The number of sulfonamides is 1. The first-order chi connectivity index (χ1) is 16.4. The van der Waals surface area contributed by atoms with Crippen LogP contribution in [0.1, 0.15) is 28.6 Å². The molecule has 3 rings (SSSR count). The van der Waals surface area contributed by atoms with E-state index in [0.29, 0.717) is 27.9 Å². The van der Waals surface area contributed by atoms with Gasteiger partial charge in [-0.25, -0.2) is 12.8 Å². The third kappa shape index (κ3) is 6.89. The van der Waals surface area contributed by atoms with Gasteiger partial charge in [-0.15, -0.1) is 11.3 Å². The monoisotopic (exact) mass is 542 g/mol. The molecule has 35 heavy (non-hydrogen) atoms. The fourth-order valence-corrected chi connectivity index (χ4v) is 5.97. The van der Waals surface area contributed by atoms with Crippen molar-refractivity contribution in [1.29, 1.82) is 0 Å². The van der Waals surface area contributed by atoms with E-state index < -0.39 is 27.8 Å². The van der Waals surface area contributed by atoms with Crippen LogP contribution >= 0.6 is 22.9 Å². The number of rotatable bonds is 9. The van der Waals surface area contributed by atoms with E-state index in [0.717, 1.165) is 11.5 Å². The van der Waals surface area contributed by atoms with Crippen LogP contribution in [0.15, 0.2) is 35.7 Å². The summed E-state index contributed by atoms with van der Waals surface area (Å²) < 4.78 is 43.0. The highest BCUT2D eigenvalue weighted by atomic mass is 35.5. The number of benzene rings is 1. The number of nitrogens with zero attached hydrogens (tertiary/aromatic N) is 3. The van der Waals surface area contributed by atoms with Gasteiger partial charge in [-0.2, -0.15) is 4.72 Å². The SMILES string of the molecule is C/C(=C/S(=O)(=O)NC1CCN(c2ccc(C(=O)N(C)CCN(C)C)cc2F)C1=O)c1ccc(Cl)s1. The molecule has 2 heterocycles. The Hall–Kier alpha value is -2.31. The standard InChI is InChI=1S/C23H28ClFN4O4S2/c1-15(20-7-8-21(24)34-20)14-35(32,33)26-18-9-10-29(23(18)31)19-6-5-16(13-17(19)25)22(30)28(4)12-11-27(2)3/h5-8,13-14,18,26H,9-12H2,1-4H3/b15-14-. The van der Waals surface area contributed by atoms with E-state index in [4.69, 9.17) is 11.6 Å². The first-order valence-corrected chi connectivity index (χ1v) is 13.6. The lowest BCUT2D eigenvalue weighted by atomic mass is 10.1. The number of thiophene rings is 1. The third-order valence-corrected chi connectivity index (χ3v) is 8.16. The number of likely N-dealkylation sites (N-methyl/N-ethyl adjacent to an activating group) is 2. The van der Waals surface area contributed by atoms with E-state index in [1.54, 1.807) is 26.1 Å². The molecule has 0 aliphatic carbocycles. The molecule has 12 heteroatoms. The van der Waals surface area contributed by atoms with Crippen molar-refractivity contribution in [2.24, 2.45) is 0 Å². The smallest absolute Gasteiger partial charge is 0.253 e. The van der Waals surface area contributed by atoms with Crippen molar-refractivity contribution in [3.05, 3.63) is 56.3 Å². The largest absolute Gasteiger partial charge is 0.340 e. The summed E-state index contributed by atoms with van der Waals surface area (Å²) in [7, 11) is 1.49. The maximum atomic E-state index is 14.9. The molecular formula is C23H28ClFN4O4S2. The first kappa shape index (κ1) is 27.3. The van der Waals surface area contributed by atoms with Gasteiger partial charge in [0.25, 0.3) is 5.91 Å². The zero-order chi connectivity index (χ0) is 25.9. The van der Waals surface area contributed by atoms with E-state index >= 15 is 0 Å². The highest BCUT2D eigenvalue weighted by Gasteiger charge is 2.36. The fourth-order valence-electron chi connectivity index (χ4n) is 3.61. The summed E-state index contributed by atoms with van der Waals surface area (Å²) >= 11 is 7.16. The van der Waals surface area contributed by atoms with Gasteiger partial charge in [0, 0.05) is 37.1 Å². The molecule has 1 aliphatic heterocycles. The van der Waals surface area contributed by atoms with Crippen molar-refractivity contribution in [2.45, 2.75) is 19.4 Å². The van der Waals surface area contributed by atoms with E-state index in [9.17, 15) is 22.4 Å². The summed E-state index contributed by atoms with van der Waals surface area (Å²) in [4.78, 5) is 30.8. The van der Waals surface area contributed by atoms with Crippen LogP contribution in [0.4, 0.5) is 10.1 Å². The lowest BCUT2D eigenvalue weighted by Gasteiger charge is -2.21. The predicted molar refractivity (Wildman–Crippen MR) is 138 cm³/mol. The second-order valence-electron chi connectivity index (χ2n) is 8.59. The molecule has 0 spiro atoms. The van der Waals surface area contributed by atoms with Crippen LogP contribution in [-0.4, -0.2) is 76.9 Å². The third-order valence-electron chi connectivity index (χ3n) is 5.52. The first-order valence-electron chi connectivity index (χ1n) is 10.9. The van der Waals surface area contributed by atoms with Crippen molar-refractivity contribution in [3.8, 4) is 0 Å². The van der Waals surface area contributed by atoms with Crippen molar-refractivity contribution < 1.29 is 22.4 Å². The van der Waals surface area contributed by atoms with Gasteiger partial charge in [0.1, 0.15) is 11.9 Å². The second-order valence-corrected chi connectivity index (χ2v) is 11.9. The Kier molecular flexibility index (Phi) is 8.71. The molecule has 1 aliphatic rings. The minimum absolute atomic E-state index is 0.00384. The predicted octanol–water partition coefficient (Wildman–Crippen LogP) is 3.26. The summed E-state index contributed by atoms with van der Waals surface area (Å²) in [5, 5.41) is 1.05. The number of hydrogen-bond acceptors (Lipinski definition) is 6. The summed E-state index contributed by atoms with van der Waals surface area (Å²) in [6.45, 7) is 2.93. The number of hydrogen-bond donors (Lipinski definition) is 1. The van der Waals surface area contributed by atoms with E-state index in [-0.39, 0.29) is 30.1 Å². The number of halogens is 2. The Morgan fingerprint density at radius 3 is 2.57 bits per heavy atom. The lowest BCUT2D eigenvalue weighted by Crippen LogP contribution is -2.41. The minimum Gasteiger partial charge on any atom is -0.340 e. The number of carbonyl (C=O) groups is 2. The molecule has 2 aromatic rings. The molecule has 1 unspecified atom stereocenters. The average Bonchev–Trinajstić information content (AvgIpc) is 3.37. The molecule has 2 amide bonds. The van der Waals surface area contributed by atoms with Gasteiger partial charge in [-0.1, -0.05) is 11.6 Å². The minimum atomic E-state index is -3.93. The zero-order valence-electron chi connectivity index (χ0n) is 19.9. The Bertz CT molecular complexity index is 1250. The van der Waals surface area contributed by atoms with E-state index in [1.165, 1.54) is 33.3 Å². The van der Waals surface area contributed by atoms with Crippen LogP contribution in [0.5, 0.6) is 0 Å². The Morgan fingerprint density at radius 1 is 1.26 bits per heavy atom. The molecule has 8 nitrogen and oxygen atoms in total. The molecule has 0 bridgehead atoms. The Balaban J connectivity index is 1.69. The van der Waals surface area contributed by atoms with Crippen LogP contribution in [0.3, 0.4) is 0 Å². The second kappa shape index (κ2) is 11.2. The maximum Gasteiger partial charge on any atom is 0.253 e. The van der Waals surface area contributed by atoms with Crippen molar-refractivity contribution >= 4 is 56.0 Å². The lowest BCUT2D eigenvalue weighted by molar-refractivity contribution is -0.118. The van der Waals surface area contributed by atoms with E-state index in [1.807, 2.05) is 19.0 Å². The fraction of sp³-hybridized carbons (Fsp3) is 0.391. The molecule has 0 radical (unpaired) electrons. The highest BCUT2D eigenvalue weighted by Crippen LogP contribution is 2.29. The molecule has 1 aromatic carbocycles. The van der Waals surface area contributed by atoms with Gasteiger partial charge < -0.3 is 14.7 Å². The highest BCUT2D eigenvalue weighted by molar-refractivity contribution is 7.92. The quantitative estimate of drug-likeness (QED) is 0.525. The zero-order valence-corrected chi connectivity index (χ0v) is 22.3. The number of nitrogens with one attached hydrogen (secondary N) is 1. The molecule has 1 atom stereocenters.